The molecule has 80 valence electrons. The van der Waals surface area contributed by atoms with Gasteiger partial charge in [-0.3, -0.25) is 4.79 Å². The third-order valence-electron chi connectivity index (χ3n) is 1.98. The van der Waals surface area contributed by atoms with Crippen LogP contribution < -0.4 is 14.8 Å². The van der Waals surface area contributed by atoms with Gasteiger partial charge >= 0.3 is 0 Å². The predicted molar refractivity (Wildman–Crippen MR) is 55.4 cm³/mol. The third-order valence-corrected chi connectivity index (χ3v) is 1.98. The van der Waals surface area contributed by atoms with Crippen molar-refractivity contribution in [1.82, 2.24) is 5.32 Å². The number of ether oxygens (including phenoxy) is 2. The van der Waals surface area contributed by atoms with E-state index in [-0.39, 0.29) is 5.75 Å². The van der Waals surface area contributed by atoms with Crippen LogP contribution in [0.25, 0.3) is 0 Å². The van der Waals surface area contributed by atoms with E-state index in [2.05, 4.69) is 5.32 Å². The number of carbonyl (C=O) groups is 1. The summed E-state index contributed by atoms with van der Waals surface area (Å²) in [6, 6.07) is -3.51. The molecular formula is C11H13NO3. The van der Waals surface area contributed by atoms with E-state index in [1.54, 1.807) is 0 Å². The number of benzene rings is 1. The zero-order valence-corrected chi connectivity index (χ0v) is 8.22. The second-order valence-corrected chi connectivity index (χ2v) is 2.90. The molecule has 0 aromatic heterocycles. The van der Waals surface area contributed by atoms with Crippen molar-refractivity contribution in [3.05, 3.63) is 23.7 Å². The summed E-state index contributed by atoms with van der Waals surface area (Å²) in [5, 5.41) is 2.44. The van der Waals surface area contributed by atoms with E-state index < -0.39 is 48.0 Å². The molecule has 1 N–H and O–H groups in total. The van der Waals surface area contributed by atoms with Gasteiger partial charge in [0.15, 0.2) is 17.3 Å². The topological polar surface area (TPSA) is 47.6 Å². The van der Waals surface area contributed by atoms with E-state index in [0.717, 1.165) is 0 Å². The summed E-state index contributed by atoms with van der Waals surface area (Å²) in [5.74, 6) is -1.67. The monoisotopic (exact) mass is 213 g/mol. The number of hydrogen-bond acceptors (Lipinski definition) is 4. The first-order chi connectivity index (χ1) is 9.52. The molecule has 0 bridgehead atoms. The maximum absolute atomic E-state index is 12.3. The van der Waals surface area contributed by atoms with Gasteiger partial charge in [-0.25, -0.2) is 0 Å². The van der Waals surface area contributed by atoms with Crippen molar-refractivity contribution in [2.45, 2.75) is 12.9 Å². The summed E-state index contributed by atoms with van der Waals surface area (Å²) in [6.45, 7) is -1.31. The minimum Gasteiger partial charge on any atom is -0.454 e. The smallest absolute Gasteiger partial charge is 0.231 e. The molecule has 0 saturated heterocycles. The van der Waals surface area contributed by atoms with Crippen LogP contribution in [0.5, 0.6) is 11.5 Å². The summed E-state index contributed by atoms with van der Waals surface area (Å²) in [7, 11) is 1.38. The van der Waals surface area contributed by atoms with Crippen molar-refractivity contribution >= 4 is 5.78 Å². The lowest BCUT2D eigenvalue weighted by Crippen LogP contribution is -2.30. The number of carbonyl (C=O) groups excluding carboxylic acids is 1. The molecule has 1 aliphatic heterocycles. The SMILES string of the molecule is [2H]c1c([2H])c(C(=O)C([2H])(C)NC)c([2H])c2c1OC([2H])([2H])O2. The predicted octanol–water partition coefficient (Wildman–Crippen LogP) is 1.21. The first-order valence-corrected chi connectivity index (χ1v) is 4.27. The van der Waals surface area contributed by atoms with Gasteiger partial charge in [-0.2, -0.15) is 0 Å². The highest BCUT2D eigenvalue weighted by molar-refractivity contribution is 6.00. The first kappa shape index (κ1) is 4.99. The molecule has 1 heterocycles. The van der Waals surface area contributed by atoms with Crippen LogP contribution in [-0.2, 0) is 0 Å². The second-order valence-electron chi connectivity index (χ2n) is 2.90. The molecule has 1 atom stereocenters. The Kier molecular flexibility index (Phi) is 1.30. The van der Waals surface area contributed by atoms with Gasteiger partial charge in [0.1, 0.15) is 2.74 Å². The molecule has 1 unspecified atom stereocenters. The van der Waals surface area contributed by atoms with Crippen LogP contribution in [-0.4, -0.2) is 25.6 Å². The fourth-order valence-corrected chi connectivity index (χ4v) is 1.04. The molecule has 0 saturated carbocycles. The zero-order chi connectivity index (χ0) is 16.2. The maximum atomic E-state index is 12.3. The number of hydrogen-bond donors (Lipinski definition) is 1. The molecule has 0 aliphatic carbocycles. The Morgan fingerprint density at radius 2 is 2.40 bits per heavy atom. The summed E-state index contributed by atoms with van der Waals surface area (Å²) >= 11 is 0. The fraction of sp³-hybridized carbons (Fsp3) is 0.364. The van der Waals surface area contributed by atoms with Crippen molar-refractivity contribution in [3.8, 4) is 11.5 Å². The molecule has 15 heavy (non-hydrogen) atoms. The molecule has 1 aliphatic rings. The van der Waals surface area contributed by atoms with E-state index in [9.17, 15) is 4.79 Å². The van der Waals surface area contributed by atoms with Crippen LogP contribution in [0.1, 0.15) is 25.5 Å². The normalized spacial score (nSPS) is 26.3. The Bertz CT molecular complexity index is 631. The van der Waals surface area contributed by atoms with Crippen molar-refractivity contribution < 1.29 is 22.5 Å². The number of likely N-dealkylation sites (N-methyl/N-ethyl adjacent to an activating group) is 1. The Labute approximate surface area is 96.6 Å². The molecule has 0 spiro atoms. The number of nitrogens with one attached hydrogen (secondary N) is 1. The molecule has 1 aromatic carbocycles. The number of rotatable bonds is 3. The summed E-state index contributed by atoms with van der Waals surface area (Å²) in [5.41, 5.74) is -0.480. The van der Waals surface area contributed by atoms with Gasteiger partial charge in [0, 0.05) is 5.56 Å². The molecule has 0 fully saturated rings. The zero-order valence-electron chi connectivity index (χ0n) is 14.2. The van der Waals surface area contributed by atoms with Crippen molar-refractivity contribution in [2.24, 2.45) is 0 Å². The largest absolute Gasteiger partial charge is 0.454 e. The van der Waals surface area contributed by atoms with Crippen LogP contribution in [0.4, 0.5) is 0 Å². The van der Waals surface area contributed by atoms with E-state index in [0.29, 0.717) is 0 Å². The molecule has 1 aromatic rings. The summed E-state index contributed by atoms with van der Waals surface area (Å²) in [4.78, 5) is 12.3. The van der Waals surface area contributed by atoms with E-state index in [4.69, 9.17) is 17.7 Å². The lowest BCUT2D eigenvalue weighted by molar-refractivity contribution is 0.0954. The number of fused-ring (bicyclic) bond motifs is 1. The Hall–Kier alpha value is -1.55. The van der Waals surface area contributed by atoms with Gasteiger partial charge in [0.05, 0.1) is 11.5 Å². The average molecular weight is 213 g/mol. The van der Waals surface area contributed by atoms with Gasteiger partial charge in [-0.1, -0.05) is 0 Å². The van der Waals surface area contributed by atoms with Crippen molar-refractivity contribution in [2.75, 3.05) is 13.8 Å². The molecule has 4 nitrogen and oxygen atoms in total. The second kappa shape index (κ2) is 3.90. The first-order valence-electron chi connectivity index (χ1n) is 7.27. The van der Waals surface area contributed by atoms with E-state index >= 15 is 0 Å². The lowest BCUT2D eigenvalue weighted by Gasteiger charge is -2.09. The standard InChI is InChI=1S/C11H13NO3/c1-7(12-2)11(13)8-3-4-9-10(5-8)15-6-14-9/h3-5,7,12H,6H2,1-2H3/i3D,4D,5D,6D2,7D. The lowest BCUT2D eigenvalue weighted by atomic mass is 10.1. The Morgan fingerprint density at radius 1 is 1.67 bits per heavy atom. The average Bonchev–Trinajstić information content (AvgIpc) is 2.72. The summed E-state index contributed by atoms with van der Waals surface area (Å²) in [6.07, 6.45) is 0. The fourth-order valence-electron chi connectivity index (χ4n) is 1.04. The summed E-state index contributed by atoms with van der Waals surface area (Å²) < 4.78 is 55.5. The minimum absolute atomic E-state index is 0.386. The maximum Gasteiger partial charge on any atom is 0.231 e. The van der Waals surface area contributed by atoms with Gasteiger partial charge in [-0.15, -0.1) is 0 Å². The Balaban J connectivity index is 2.67. The highest BCUT2D eigenvalue weighted by Crippen LogP contribution is 2.32. The van der Waals surface area contributed by atoms with Gasteiger partial charge in [0.25, 0.3) is 0 Å². The highest BCUT2D eigenvalue weighted by atomic mass is 16.7. The van der Waals surface area contributed by atoms with Crippen LogP contribution >= 0.6 is 0 Å². The van der Waals surface area contributed by atoms with Gasteiger partial charge in [-0.05, 0) is 32.1 Å². The van der Waals surface area contributed by atoms with Gasteiger partial charge < -0.3 is 14.8 Å². The van der Waals surface area contributed by atoms with Crippen LogP contribution in [0.2, 0.25) is 0 Å². The molecular weight excluding hydrogens is 194 g/mol. The number of ketones is 1. The van der Waals surface area contributed by atoms with Crippen LogP contribution in [0.3, 0.4) is 0 Å². The quantitative estimate of drug-likeness (QED) is 0.767. The van der Waals surface area contributed by atoms with Crippen molar-refractivity contribution in [1.29, 1.82) is 0 Å². The molecule has 0 amide bonds. The number of Topliss-reactive ketones (excluding diaryl/α,β-unsaturated/α-hetero) is 1. The molecule has 0 radical (unpaired) electrons. The molecule has 2 rings (SSSR count). The van der Waals surface area contributed by atoms with Crippen LogP contribution in [0, 0.1) is 0 Å². The Morgan fingerprint density at radius 3 is 3.13 bits per heavy atom. The van der Waals surface area contributed by atoms with Gasteiger partial charge in [0.2, 0.25) is 6.75 Å². The van der Waals surface area contributed by atoms with E-state index in [1.165, 1.54) is 14.0 Å². The van der Waals surface area contributed by atoms with E-state index in [1.807, 2.05) is 0 Å². The highest BCUT2D eigenvalue weighted by Gasteiger charge is 2.18. The van der Waals surface area contributed by atoms with Crippen LogP contribution in [0.15, 0.2) is 18.1 Å². The molecule has 4 heteroatoms. The third kappa shape index (κ3) is 1.80. The van der Waals surface area contributed by atoms with Crippen molar-refractivity contribution in [3.63, 3.8) is 0 Å². The minimum atomic E-state index is -2.56.